The van der Waals surface area contributed by atoms with Crippen LogP contribution in [-0.4, -0.2) is 51.9 Å². The lowest BCUT2D eigenvalue weighted by Gasteiger charge is -2.31. The van der Waals surface area contributed by atoms with Gasteiger partial charge in [0.15, 0.2) is 5.96 Å². The first-order valence-corrected chi connectivity index (χ1v) is 12.1. The Kier molecular flexibility index (Phi) is 8.13. The van der Waals surface area contributed by atoms with Gasteiger partial charge in [-0.15, -0.1) is 0 Å². The average molecular weight is 449 g/mol. The molecule has 162 valence electrons. The summed E-state index contributed by atoms with van der Waals surface area (Å²) in [5, 5.41) is 7.45. The average Bonchev–Trinajstić information content (AvgIpc) is 2.78. The van der Waals surface area contributed by atoms with E-state index < -0.39 is 10.0 Å². The van der Waals surface area contributed by atoms with Gasteiger partial charge in [-0.2, -0.15) is 4.31 Å². The molecule has 0 atom stereocenters. The van der Waals surface area contributed by atoms with E-state index in [0.717, 1.165) is 48.9 Å². The maximum Gasteiger partial charge on any atom is 0.243 e. The van der Waals surface area contributed by atoms with E-state index in [1.165, 1.54) is 0 Å². The molecule has 1 aliphatic rings. The zero-order valence-electron chi connectivity index (χ0n) is 17.2. The summed E-state index contributed by atoms with van der Waals surface area (Å²) < 4.78 is 27.1. The summed E-state index contributed by atoms with van der Waals surface area (Å²) in [5.74, 6) is 1.16. The maximum absolute atomic E-state index is 12.7. The van der Waals surface area contributed by atoms with Gasteiger partial charge >= 0.3 is 0 Å². The van der Waals surface area contributed by atoms with Crippen molar-refractivity contribution in [1.29, 1.82) is 0 Å². The van der Waals surface area contributed by atoms with E-state index in [1.54, 1.807) is 35.6 Å². The summed E-state index contributed by atoms with van der Waals surface area (Å²) in [7, 11) is -1.65. The van der Waals surface area contributed by atoms with E-state index in [1.807, 2.05) is 30.3 Å². The second-order valence-corrected chi connectivity index (χ2v) is 9.73. The number of halogens is 1. The van der Waals surface area contributed by atoms with Gasteiger partial charge in [-0.05, 0) is 48.9 Å². The van der Waals surface area contributed by atoms with Crippen LogP contribution in [-0.2, 0) is 16.4 Å². The van der Waals surface area contributed by atoms with Crippen LogP contribution in [0.15, 0.2) is 64.5 Å². The summed E-state index contributed by atoms with van der Waals surface area (Å²) in [6.45, 7) is 2.59. The van der Waals surface area contributed by atoms with Crippen molar-refractivity contribution in [3.05, 3.63) is 65.2 Å². The van der Waals surface area contributed by atoms with Crippen molar-refractivity contribution < 1.29 is 8.42 Å². The fourth-order valence-electron chi connectivity index (χ4n) is 3.57. The van der Waals surface area contributed by atoms with Gasteiger partial charge in [0.1, 0.15) is 0 Å². The van der Waals surface area contributed by atoms with Gasteiger partial charge < -0.3 is 10.6 Å². The Balaban J connectivity index is 1.42. The molecule has 0 radical (unpaired) electrons. The molecule has 0 saturated carbocycles. The molecule has 0 amide bonds. The molecule has 1 fully saturated rings. The summed E-state index contributed by atoms with van der Waals surface area (Å²) in [6, 6.07) is 16.5. The number of nitrogens with one attached hydrogen (secondary N) is 2. The van der Waals surface area contributed by atoms with Crippen molar-refractivity contribution in [2.24, 2.45) is 10.9 Å². The lowest BCUT2D eigenvalue weighted by molar-refractivity contribution is 0.273. The van der Waals surface area contributed by atoms with E-state index in [0.29, 0.717) is 23.9 Å². The van der Waals surface area contributed by atoms with E-state index in [4.69, 9.17) is 11.6 Å². The minimum atomic E-state index is -3.40. The molecular weight excluding hydrogens is 420 g/mol. The lowest BCUT2D eigenvalue weighted by Crippen LogP contribution is -2.44. The van der Waals surface area contributed by atoms with Crippen LogP contribution in [0.2, 0.25) is 5.02 Å². The summed E-state index contributed by atoms with van der Waals surface area (Å²) in [4.78, 5) is 4.64. The van der Waals surface area contributed by atoms with Gasteiger partial charge in [0.25, 0.3) is 0 Å². The minimum Gasteiger partial charge on any atom is -0.356 e. The molecular formula is C22H29ClN4O2S. The van der Waals surface area contributed by atoms with Crippen molar-refractivity contribution in [2.45, 2.75) is 24.2 Å². The second kappa shape index (κ2) is 10.8. The Bertz CT molecular complexity index is 943. The second-order valence-electron chi connectivity index (χ2n) is 7.38. The molecule has 0 aliphatic carbocycles. The van der Waals surface area contributed by atoms with Crippen LogP contribution < -0.4 is 10.6 Å². The van der Waals surface area contributed by atoms with Crippen LogP contribution in [0.25, 0.3) is 0 Å². The zero-order valence-corrected chi connectivity index (χ0v) is 18.8. The molecule has 2 aromatic rings. The third kappa shape index (κ3) is 5.97. The van der Waals surface area contributed by atoms with E-state index >= 15 is 0 Å². The Morgan fingerprint density at radius 2 is 1.73 bits per heavy atom. The highest BCUT2D eigenvalue weighted by atomic mass is 35.5. The number of benzene rings is 2. The largest absolute Gasteiger partial charge is 0.356 e. The molecule has 1 aliphatic heterocycles. The standard InChI is InChI=1S/C22H29ClN4O2S/c1-24-22(25-14-11-19-7-5-6-10-21(19)23)26-17-18-12-15-27(16-13-18)30(28,29)20-8-3-2-4-9-20/h2-10,18H,11-17H2,1H3,(H2,24,25,26). The Morgan fingerprint density at radius 1 is 1.07 bits per heavy atom. The zero-order chi connectivity index (χ0) is 21.4. The smallest absolute Gasteiger partial charge is 0.243 e. The molecule has 3 rings (SSSR count). The first kappa shape index (κ1) is 22.6. The highest BCUT2D eigenvalue weighted by molar-refractivity contribution is 7.89. The van der Waals surface area contributed by atoms with Crippen molar-refractivity contribution in [2.75, 3.05) is 33.2 Å². The van der Waals surface area contributed by atoms with Gasteiger partial charge in [-0.1, -0.05) is 48.0 Å². The quantitative estimate of drug-likeness (QED) is 0.504. The predicted octanol–water partition coefficient (Wildman–Crippen LogP) is 3.15. The number of rotatable bonds is 7. The summed E-state index contributed by atoms with van der Waals surface area (Å²) in [6.07, 6.45) is 2.47. The van der Waals surface area contributed by atoms with E-state index in [2.05, 4.69) is 15.6 Å². The van der Waals surface area contributed by atoms with Crippen molar-refractivity contribution in [3.8, 4) is 0 Å². The van der Waals surface area contributed by atoms with Gasteiger partial charge in [-0.25, -0.2) is 8.42 Å². The molecule has 2 N–H and O–H groups in total. The Morgan fingerprint density at radius 3 is 2.40 bits per heavy atom. The molecule has 6 nitrogen and oxygen atoms in total. The first-order valence-electron chi connectivity index (χ1n) is 10.2. The number of hydrogen-bond donors (Lipinski definition) is 2. The summed E-state index contributed by atoms with van der Waals surface area (Å²) >= 11 is 6.20. The molecule has 8 heteroatoms. The summed E-state index contributed by atoms with van der Waals surface area (Å²) in [5.41, 5.74) is 1.11. The van der Waals surface area contributed by atoms with Crippen LogP contribution >= 0.6 is 11.6 Å². The SMILES string of the molecule is CN=C(NCCc1ccccc1Cl)NCC1CCN(S(=O)(=O)c2ccccc2)CC1. The minimum absolute atomic E-state index is 0.365. The number of aliphatic imine (C=N–C) groups is 1. The fraction of sp³-hybridized carbons (Fsp3) is 0.409. The molecule has 1 heterocycles. The molecule has 0 spiro atoms. The number of piperidine rings is 1. The van der Waals surface area contributed by atoms with Crippen LogP contribution in [0.5, 0.6) is 0 Å². The normalized spacial score (nSPS) is 16.4. The lowest BCUT2D eigenvalue weighted by atomic mass is 9.98. The maximum atomic E-state index is 12.7. The van der Waals surface area contributed by atoms with Gasteiger partial charge in [0.2, 0.25) is 10.0 Å². The monoisotopic (exact) mass is 448 g/mol. The predicted molar refractivity (Wildman–Crippen MR) is 122 cm³/mol. The molecule has 0 bridgehead atoms. The van der Waals surface area contributed by atoms with Crippen LogP contribution in [0, 0.1) is 5.92 Å². The van der Waals surface area contributed by atoms with E-state index in [-0.39, 0.29) is 0 Å². The van der Waals surface area contributed by atoms with E-state index in [9.17, 15) is 8.42 Å². The van der Waals surface area contributed by atoms with Crippen molar-refractivity contribution >= 4 is 27.6 Å². The number of sulfonamides is 1. The third-order valence-corrected chi connectivity index (χ3v) is 7.66. The van der Waals surface area contributed by atoms with Gasteiger partial charge in [-0.3, -0.25) is 4.99 Å². The van der Waals surface area contributed by atoms with Crippen LogP contribution in [0.1, 0.15) is 18.4 Å². The van der Waals surface area contributed by atoms with Crippen LogP contribution in [0.4, 0.5) is 0 Å². The van der Waals surface area contributed by atoms with Crippen molar-refractivity contribution in [1.82, 2.24) is 14.9 Å². The highest BCUT2D eigenvalue weighted by Gasteiger charge is 2.29. The molecule has 0 unspecified atom stereocenters. The number of guanidine groups is 1. The van der Waals surface area contributed by atoms with Crippen LogP contribution in [0.3, 0.4) is 0 Å². The van der Waals surface area contributed by atoms with Gasteiger partial charge in [0.05, 0.1) is 4.90 Å². The molecule has 1 saturated heterocycles. The topological polar surface area (TPSA) is 73.8 Å². The number of hydrogen-bond acceptors (Lipinski definition) is 3. The first-order chi connectivity index (χ1) is 14.5. The molecule has 0 aromatic heterocycles. The fourth-order valence-corrected chi connectivity index (χ4v) is 5.29. The van der Waals surface area contributed by atoms with Gasteiger partial charge in [0, 0.05) is 38.2 Å². The number of nitrogens with zero attached hydrogens (tertiary/aromatic N) is 2. The Labute approximate surface area is 184 Å². The molecule has 30 heavy (non-hydrogen) atoms. The molecule has 2 aromatic carbocycles. The Hall–Kier alpha value is -2.09. The highest BCUT2D eigenvalue weighted by Crippen LogP contribution is 2.23. The third-order valence-electron chi connectivity index (χ3n) is 5.38. The van der Waals surface area contributed by atoms with Crippen molar-refractivity contribution in [3.63, 3.8) is 0 Å².